The summed E-state index contributed by atoms with van der Waals surface area (Å²) in [5, 5.41) is 0.520. The van der Waals surface area contributed by atoms with E-state index in [1.807, 2.05) is 31.2 Å². The number of ether oxygens (including phenoxy) is 1. The van der Waals surface area contributed by atoms with Gasteiger partial charge in [-0.25, -0.2) is 4.79 Å². The van der Waals surface area contributed by atoms with E-state index in [-0.39, 0.29) is 12.2 Å². The number of fused-ring (bicyclic) bond motifs is 1. The Morgan fingerprint density at radius 1 is 1.31 bits per heavy atom. The Morgan fingerprint density at radius 3 is 2.76 bits per heavy atom. The summed E-state index contributed by atoms with van der Waals surface area (Å²) in [5.41, 5.74) is 3.75. The van der Waals surface area contributed by atoms with Crippen molar-refractivity contribution in [1.82, 2.24) is 9.55 Å². The minimum Gasteiger partial charge on any atom is -0.457 e. The van der Waals surface area contributed by atoms with Crippen LogP contribution in [0, 0.1) is 25.7 Å². The number of aromatic nitrogens is 2. The number of nitrogens with one attached hydrogen (secondary N) is 1. The normalized spacial score (nSPS) is 10.4. The maximum atomic E-state index is 12.9. The van der Waals surface area contributed by atoms with E-state index in [1.54, 1.807) is 30.7 Å². The number of aryl methyl sites for hydroxylation is 3. The van der Waals surface area contributed by atoms with Crippen LogP contribution in [0.4, 0.5) is 0 Å². The lowest BCUT2D eigenvalue weighted by atomic mass is 10.1. The molecule has 0 aliphatic heterocycles. The van der Waals surface area contributed by atoms with Crippen molar-refractivity contribution in [2.24, 2.45) is 0 Å². The Bertz CT molecular complexity index is 1200. The molecule has 0 bridgehead atoms. The van der Waals surface area contributed by atoms with E-state index in [9.17, 15) is 9.59 Å². The van der Waals surface area contributed by atoms with Gasteiger partial charge in [0.1, 0.15) is 12.1 Å². The van der Waals surface area contributed by atoms with E-state index in [1.165, 1.54) is 0 Å². The first-order valence-electron chi connectivity index (χ1n) is 9.49. The van der Waals surface area contributed by atoms with Gasteiger partial charge in [-0.15, -0.1) is 12.5 Å². The molecule has 0 fully saturated rings. The molecular weight excluding hydrogens is 364 g/mol. The Labute approximate surface area is 170 Å². The Morgan fingerprint density at radius 2 is 2.07 bits per heavy atom. The quantitative estimate of drug-likeness (QED) is 0.390. The third-order valence-corrected chi connectivity index (χ3v) is 4.87. The number of esters is 1. The van der Waals surface area contributed by atoms with Crippen LogP contribution in [0.5, 0.6) is 0 Å². The van der Waals surface area contributed by atoms with Gasteiger partial charge in [0.05, 0.1) is 11.1 Å². The highest BCUT2D eigenvalue weighted by atomic mass is 16.5. The van der Waals surface area contributed by atoms with Crippen molar-refractivity contribution in [2.45, 2.75) is 40.3 Å². The predicted octanol–water partition coefficient (Wildman–Crippen LogP) is 4.25. The summed E-state index contributed by atoms with van der Waals surface area (Å²) < 4.78 is 7.18. The molecule has 0 amide bonds. The number of rotatable bonds is 6. The summed E-state index contributed by atoms with van der Waals surface area (Å²) >= 11 is 0. The van der Waals surface area contributed by atoms with Crippen LogP contribution in [0.25, 0.3) is 10.9 Å². The lowest BCUT2D eigenvalue weighted by Crippen LogP contribution is -2.20. The minimum atomic E-state index is -0.473. The fourth-order valence-corrected chi connectivity index (χ4v) is 3.35. The van der Waals surface area contributed by atoms with Crippen LogP contribution in [0.3, 0.4) is 0 Å². The topological polar surface area (TPSA) is 64.1 Å². The van der Waals surface area contributed by atoms with Crippen molar-refractivity contribution in [1.29, 1.82) is 0 Å². The van der Waals surface area contributed by atoms with Gasteiger partial charge < -0.3 is 14.3 Å². The molecule has 0 spiro atoms. The highest BCUT2D eigenvalue weighted by molar-refractivity contribution is 6.07. The Kier molecular flexibility index (Phi) is 6.04. The van der Waals surface area contributed by atoms with Crippen LogP contribution in [0.15, 0.2) is 47.9 Å². The zero-order valence-electron chi connectivity index (χ0n) is 17.0. The number of carbonyl (C=O) groups is 1. The standard InChI is InChI=1S/C24H24N2O3/c1-5-7-13-26-14-18(10-6-2)21-20(17(4)25-22(21)23(26)27)24(28)29-15-19-12-9-8-11-16(19)3/h5,8-9,11-12,14,25H,1,7,13,15H2,2-4H3. The maximum Gasteiger partial charge on any atom is 0.340 e. The summed E-state index contributed by atoms with van der Waals surface area (Å²) in [5.74, 6) is 5.42. The number of hydrogen-bond donors (Lipinski definition) is 1. The molecule has 0 aliphatic carbocycles. The third-order valence-electron chi connectivity index (χ3n) is 4.87. The monoisotopic (exact) mass is 388 g/mol. The molecule has 0 atom stereocenters. The molecule has 29 heavy (non-hydrogen) atoms. The van der Waals surface area contributed by atoms with E-state index >= 15 is 0 Å². The van der Waals surface area contributed by atoms with Crippen molar-refractivity contribution in [3.05, 3.63) is 81.4 Å². The number of aromatic amines is 1. The van der Waals surface area contributed by atoms with Crippen molar-refractivity contribution in [3.63, 3.8) is 0 Å². The van der Waals surface area contributed by atoms with Gasteiger partial charge in [0.15, 0.2) is 0 Å². The second kappa shape index (κ2) is 8.66. The first-order chi connectivity index (χ1) is 14.0. The molecular formula is C24H24N2O3. The number of H-pyrrole nitrogens is 1. The summed E-state index contributed by atoms with van der Waals surface area (Å²) in [7, 11) is 0. The second-order valence-electron chi connectivity index (χ2n) is 6.87. The fourth-order valence-electron chi connectivity index (χ4n) is 3.35. The summed E-state index contributed by atoms with van der Waals surface area (Å²) in [6, 6.07) is 7.75. The van der Waals surface area contributed by atoms with E-state index in [2.05, 4.69) is 23.4 Å². The SMILES string of the molecule is C=CCCn1cc(C#CC)c2c(C(=O)OCc3ccccc3C)c(C)[nH]c2c1=O. The highest BCUT2D eigenvalue weighted by Gasteiger charge is 2.23. The zero-order valence-corrected chi connectivity index (χ0v) is 17.0. The van der Waals surface area contributed by atoms with E-state index in [4.69, 9.17) is 4.74 Å². The van der Waals surface area contributed by atoms with Crippen LogP contribution in [0.2, 0.25) is 0 Å². The molecule has 0 radical (unpaired) electrons. The first kappa shape index (κ1) is 20.2. The molecule has 0 aliphatic rings. The number of carbonyl (C=O) groups excluding carboxylic acids is 1. The Balaban J connectivity index is 2.06. The molecule has 5 nitrogen and oxygen atoms in total. The lowest BCUT2D eigenvalue weighted by molar-refractivity contribution is 0.0473. The molecule has 2 aromatic heterocycles. The van der Waals surface area contributed by atoms with Gasteiger partial charge in [0.2, 0.25) is 0 Å². The molecule has 0 saturated heterocycles. The third kappa shape index (κ3) is 4.02. The van der Waals surface area contributed by atoms with Crippen LogP contribution in [0.1, 0.15) is 46.1 Å². The number of benzene rings is 1. The van der Waals surface area contributed by atoms with Crippen LogP contribution < -0.4 is 5.56 Å². The van der Waals surface area contributed by atoms with Gasteiger partial charge in [0, 0.05) is 23.8 Å². The van der Waals surface area contributed by atoms with Crippen molar-refractivity contribution in [2.75, 3.05) is 0 Å². The van der Waals surface area contributed by atoms with Gasteiger partial charge in [-0.05, 0) is 38.3 Å². The van der Waals surface area contributed by atoms with Gasteiger partial charge in [0.25, 0.3) is 5.56 Å². The fraction of sp³-hybridized carbons (Fsp3) is 0.250. The molecule has 1 aromatic carbocycles. The molecule has 5 heteroatoms. The van der Waals surface area contributed by atoms with Gasteiger partial charge in [-0.1, -0.05) is 36.3 Å². The van der Waals surface area contributed by atoms with E-state index in [0.717, 1.165) is 11.1 Å². The second-order valence-corrected chi connectivity index (χ2v) is 6.87. The van der Waals surface area contributed by atoms with E-state index in [0.29, 0.717) is 40.7 Å². The number of nitrogens with zero attached hydrogens (tertiary/aromatic N) is 1. The van der Waals surface area contributed by atoms with Crippen LogP contribution in [-0.4, -0.2) is 15.5 Å². The van der Waals surface area contributed by atoms with Crippen molar-refractivity contribution in [3.8, 4) is 11.8 Å². The average Bonchev–Trinajstić information content (AvgIpc) is 3.06. The zero-order chi connectivity index (χ0) is 21.0. The van der Waals surface area contributed by atoms with Crippen molar-refractivity contribution < 1.29 is 9.53 Å². The summed E-state index contributed by atoms with van der Waals surface area (Å²) in [4.78, 5) is 28.9. The van der Waals surface area contributed by atoms with Gasteiger partial charge in [-0.2, -0.15) is 0 Å². The average molecular weight is 388 g/mol. The lowest BCUT2D eigenvalue weighted by Gasteiger charge is -2.09. The predicted molar refractivity (Wildman–Crippen MR) is 115 cm³/mol. The minimum absolute atomic E-state index is 0.169. The van der Waals surface area contributed by atoms with E-state index < -0.39 is 5.97 Å². The van der Waals surface area contributed by atoms with Crippen LogP contribution in [-0.2, 0) is 17.9 Å². The van der Waals surface area contributed by atoms with Gasteiger partial charge in [-0.3, -0.25) is 4.79 Å². The summed E-state index contributed by atoms with van der Waals surface area (Å²) in [6.45, 7) is 9.84. The Hall–Kier alpha value is -3.52. The maximum absolute atomic E-state index is 12.9. The molecule has 0 saturated carbocycles. The number of allylic oxidation sites excluding steroid dienone is 1. The number of hydrogen-bond acceptors (Lipinski definition) is 3. The smallest absolute Gasteiger partial charge is 0.340 e. The molecule has 3 rings (SSSR count). The molecule has 3 aromatic rings. The molecule has 0 unspecified atom stereocenters. The van der Waals surface area contributed by atoms with Crippen molar-refractivity contribution >= 4 is 16.9 Å². The molecule has 148 valence electrons. The summed E-state index contributed by atoms with van der Waals surface area (Å²) in [6.07, 6.45) is 4.13. The van der Waals surface area contributed by atoms with Gasteiger partial charge >= 0.3 is 5.97 Å². The highest BCUT2D eigenvalue weighted by Crippen LogP contribution is 2.25. The number of pyridine rings is 1. The first-order valence-corrected chi connectivity index (χ1v) is 9.49. The molecule has 2 heterocycles. The molecule has 1 N–H and O–H groups in total. The van der Waals surface area contributed by atoms with Crippen LogP contribution >= 0.6 is 0 Å². The largest absolute Gasteiger partial charge is 0.457 e.